The number of fused-ring (bicyclic) bond motifs is 1. The van der Waals surface area contributed by atoms with Crippen LogP contribution in [0.3, 0.4) is 0 Å². The minimum absolute atomic E-state index is 0.137. The molecule has 1 saturated heterocycles. The lowest BCUT2D eigenvalue weighted by molar-refractivity contribution is -0.131. The second-order valence-corrected chi connectivity index (χ2v) is 6.70. The predicted octanol–water partition coefficient (Wildman–Crippen LogP) is 1.84. The largest absolute Gasteiger partial charge is 0.322 e. The molecule has 1 aliphatic carbocycles. The average molecular weight is 356 g/mol. The first-order chi connectivity index (χ1) is 12.6. The molecule has 1 atom stereocenters. The molecule has 1 heterocycles. The van der Waals surface area contributed by atoms with Crippen molar-refractivity contribution in [3.05, 3.63) is 53.6 Å². The fourth-order valence-corrected chi connectivity index (χ4v) is 3.25. The topological polar surface area (TPSA) is 84.9 Å². The van der Waals surface area contributed by atoms with Gasteiger partial charge in [-0.05, 0) is 36.7 Å². The van der Waals surface area contributed by atoms with Crippen molar-refractivity contribution >= 4 is 17.6 Å². The number of rotatable bonds is 2. The maximum absolute atomic E-state index is 12.7. The Morgan fingerprint density at radius 2 is 1.88 bits per heavy atom. The quantitative estimate of drug-likeness (QED) is 0.558. The Balaban J connectivity index is 1.75. The lowest BCUT2D eigenvalue weighted by atomic mass is 9.89. The minimum atomic E-state index is -0.406. The van der Waals surface area contributed by atoms with E-state index in [0.717, 1.165) is 29.9 Å². The van der Waals surface area contributed by atoms with Crippen molar-refractivity contribution in [3.8, 4) is 0 Å². The van der Waals surface area contributed by atoms with Crippen LogP contribution in [-0.2, 0) is 4.79 Å². The molecule has 26 heavy (non-hydrogen) atoms. The van der Waals surface area contributed by atoms with Crippen LogP contribution in [0.4, 0.5) is 10.5 Å². The van der Waals surface area contributed by atoms with Crippen molar-refractivity contribution in [2.24, 2.45) is 5.92 Å². The lowest BCUT2D eigenvalue weighted by Gasteiger charge is -2.33. The van der Waals surface area contributed by atoms with Crippen molar-refractivity contribution < 1.29 is 14.8 Å². The van der Waals surface area contributed by atoms with E-state index >= 15 is 0 Å². The summed E-state index contributed by atoms with van der Waals surface area (Å²) in [6.07, 6.45) is 4.41. The summed E-state index contributed by atoms with van der Waals surface area (Å²) in [5.74, 6) is -0.783. The number of carbonyl (C=O) groups excluding carboxylic acids is 2. The van der Waals surface area contributed by atoms with Gasteiger partial charge in [-0.25, -0.2) is 10.3 Å². The van der Waals surface area contributed by atoms with E-state index in [0.29, 0.717) is 19.5 Å². The van der Waals surface area contributed by atoms with E-state index in [4.69, 9.17) is 5.21 Å². The molecule has 2 aliphatic rings. The summed E-state index contributed by atoms with van der Waals surface area (Å²) < 4.78 is 0. The number of allylic oxidation sites excluding steroid dienone is 1. The minimum Gasteiger partial charge on any atom is -0.319 e. The molecular weight excluding hydrogens is 332 g/mol. The van der Waals surface area contributed by atoms with Crippen LogP contribution in [0, 0.1) is 5.92 Å². The number of para-hydroxylation sites is 1. The average Bonchev–Trinajstić information content (AvgIpc) is 2.64. The molecule has 1 unspecified atom stereocenters. The van der Waals surface area contributed by atoms with Crippen LogP contribution in [0.1, 0.15) is 6.42 Å². The Kier molecular flexibility index (Phi) is 5.70. The van der Waals surface area contributed by atoms with Crippen LogP contribution in [-0.4, -0.2) is 60.2 Å². The summed E-state index contributed by atoms with van der Waals surface area (Å²) in [4.78, 5) is 28.3. The molecule has 0 aromatic heterocycles. The molecule has 7 heteroatoms. The molecule has 0 saturated carbocycles. The normalized spacial score (nSPS) is 20.8. The first kappa shape index (κ1) is 18.2. The number of carbonyl (C=O) groups is 2. The molecule has 1 aliphatic heterocycles. The number of nitrogens with one attached hydrogen (secondary N) is 2. The van der Waals surface area contributed by atoms with Crippen LogP contribution in [0.2, 0.25) is 0 Å². The van der Waals surface area contributed by atoms with E-state index in [-0.39, 0.29) is 11.9 Å². The fraction of sp³-hybridized carbons (Fsp3) is 0.368. The molecule has 1 fully saturated rings. The summed E-state index contributed by atoms with van der Waals surface area (Å²) in [5.41, 5.74) is 4.58. The van der Waals surface area contributed by atoms with Crippen molar-refractivity contribution in [3.63, 3.8) is 0 Å². The van der Waals surface area contributed by atoms with Gasteiger partial charge in [0.2, 0.25) is 0 Å². The zero-order chi connectivity index (χ0) is 18.5. The fourth-order valence-electron chi connectivity index (χ4n) is 3.25. The number of nitrogens with zero attached hydrogens (tertiary/aromatic N) is 2. The standard InChI is InChI=1S/C19H24N4O3/c1-22-9-10-23(19(25)20-17-5-3-2-4-6-17)13-15-8-7-14(18(24)21-26)11-16(15)12-22/h2-6,8,11,14,26H,7,9-10,12-13H2,1H3,(H,20,25)(H,21,24). The summed E-state index contributed by atoms with van der Waals surface area (Å²) >= 11 is 0. The molecule has 7 nitrogen and oxygen atoms in total. The number of anilines is 1. The Labute approximate surface area is 152 Å². The highest BCUT2D eigenvalue weighted by Gasteiger charge is 2.26. The third-order valence-corrected chi connectivity index (χ3v) is 4.75. The van der Waals surface area contributed by atoms with Gasteiger partial charge in [-0.15, -0.1) is 0 Å². The van der Waals surface area contributed by atoms with E-state index in [2.05, 4.69) is 10.2 Å². The Morgan fingerprint density at radius 1 is 1.12 bits per heavy atom. The van der Waals surface area contributed by atoms with Gasteiger partial charge in [0.15, 0.2) is 0 Å². The second-order valence-electron chi connectivity index (χ2n) is 6.70. The summed E-state index contributed by atoms with van der Waals surface area (Å²) in [5, 5.41) is 11.8. The molecule has 138 valence electrons. The first-order valence-electron chi connectivity index (χ1n) is 8.70. The first-order valence-corrected chi connectivity index (χ1v) is 8.70. The molecule has 0 radical (unpaired) electrons. The molecule has 3 rings (SSSR count). The Bertz CT molecular complexity index is 730. The van der Waals surface area contributed by atoms with Crippen LogP contribution in [0.25, 0.3) is 0 Å². The van der Waals surface area contributed by atoms with Crippen LogP contribution in [0.15, 0.2) is 53.6 Å². The van der Waals surface area contributed by atoms with Gasteiger partial charge >= 0.3 is 6.03 Å². The number of urea groups is 1. The van der Waals surface area contributed by atoms with Crippen molar-refractivity contribution in [1.82, 2.24) is 15.3 Å². The van der Waals surface area contributed by atoms with Crippen molar-refractivity contribution in [1.29, 1.82) is 0 Å². The van der Waals surface area contributed by atoms with Crippen molar-refractivity contribution in [2.75, 3.05) is 38.5 Å². The van der Waals surface area contributed by atoms with E-state index in [1.807, 2.05) is 49.5 Å². The maximum Gasteiger partial charge on any atom is 0.322 e. The SMILES string of the molecule is CN1CCN(C(=O)Nc2ccccc2)CC2=CCC(C(=O)NO)C=C2C1. The van der Waals surface area contributed by atoms with Crippen molar-refractivity contribution in [2.45, 2.75) is 6.42 Å². The lowest BCUT2D eigenvalue weighted by Crippen LogP contribution is -2.44. The molecule has 3 amide bonds. The van der Waals surface area contributed by atoms with Gasteiger partial charge in [0, 0.05) is 31.9 Å². The number of benzene rings is 1. The van der Waals surface area contributed by atoms with Gasteiger partial charge in [0.25, 0.3) is 5.91 Å². The third kappa shape index (κ3) is 4.30. The van der Waals surface area contributed by atoms with E-state index in [1.54, 1.807) is 10.4 Å². The zero-order valence-electron chi connectivity index (χ0n) is 14.8. The second kappa shape index (κ2) is 8.16. The van der Waals surface area contributed by atoms with Crippen LogP contribution in [0.5, 0.6) is 0 Å². The van der Waals surface area contributed by atoms with E-state index in [1.165, 1.54) is 0 Å². The van der Waals surface area contributed by atoms with Gasteiger partial charge in [-0.1, -0.05) is 30.4 Å². The molecule has 1 aromatic carbocycles. The number of amides is 3. The third-order valence-electron chi connectivity index (χ3n) is 4.75. The Morgan fingerprint density at radius 3 is 2.62 bits per heavy atom. The maximum atomic E-state index is 12.7. The Hall–Kier alpha value is -2.64. The molecule has 3 N–H and O–H groups in total. The molecule has 1 aromatic rings. The number of hydrogen-bond acceptors (Lipinski definition) is 4. The van der Waals surface area contributed by atoms with Gasteiger partial charge < -0.3 is 15.1 Å². The highest BCUT2D eigenvalue weighted by atomic mass is 16.5. The number of likely N-dealkylation sites (N-methyl/N-ethyl adjacent to an activating group) is 1. The number of hydroxylamine groups is 1. The van der Waals surface area contributed by atoms with Crippen LogP contribution >= 0.6 is 0 Å². The van der Waals surface area contributed by atoms with E-state index < -0.39 is 5.91 Å². The summed E-state index contributed by atoms with van der Waals surface area (Å²) in [6.45, 7) is 2.59. The molecule has 0 bridgehead atoms. The van der Waals surface area contributed by atoms with Crippen LogP contribution < -0.4 is 10.8 Å². The monoisotopic (exact) mass is 356 g/mol. The number of hydrogen-bond donors (Lipinski definition) is 3. The summed E-state index contributed by atoms with van der Waals surface area (Å²) in [7, 11) is 1.99. The molecule has 0 spiro atoms. The predicted molar refractivity (Wildman–Crippen MR) is 98.7 cm³/mol. The zero-order valence-corrected chi connectivity index (χ0v) is 14.8. The van der Waals surface area contributed by atoms with Gasteiger partial charge in [-0.3, -0.25) is 10.0 Å². The highest BCUT2D eigenvalue weighted by molar-refractivity contribution is 5.89. The summed E-state index contributed by atoms with van der Waals surface area (Å²) in [6, 6.07) is 9.25. The van der Waals surface area contributed by atoms with E-state index in [9.17, 15) is 9.59 Å². The highest BCUT2D eigenvalue weighted by Crippen LogP contribution is 2.26. The van der Waals surface area contributed by atoms with Gasteiger partial charge in [-0.2, -0.15) is 0 Å². The molecular formula is C19H24N4O3. The van der Waals surface area contributed by atoms with Gasteiger partial charge in [0.1, 0.15) is 0 Å². The van der Waals surface area contributed by atoms with Gasteiger partial charge in [0.05, 0.1) is 5.92 Å². The smallest absolute Gasteiger partial charge is 0.319 e.